The zero-order chi connectivity index (χ0) is 18.0. The summed E-state index contributed by atoms with van der Waals surface area (Å²) in [4.78, 5) is 25.1. The number of esters is 1. The summed E-state index contributed by atoms with van der Waals surface area (Å²) in [5, 5.41) is 3.22. The third-order valence-electron chi connectivity index (χ3n) is 8.45. The molecule has 5 heteroatoms. The van der Waals surface area contributed by atoms with E-state index in [1.54, 1.807) is 0 Å². The maximum Gasteiger partial charge on any atom is 0.331 e. The van der Waals surface area contributed by atoms with Crippen LogP contribution in [0.4, 0.5) is 0 Å². The normalized spacial score (nSPS) is 51.8. The first kappa shape index (κ1) is 18.1. The Balaban J connectivity index is 1.67. The molecule has 4 aliphatic rings. The van der Waals surface area contributed by atoms with Gasteiger partial charge in [0.15, 0.2) is 3.42 Å². The molecule has 1 aliphatic heterocycles. The first-order valence-corrected chi connectivity index (χ1v) is 10.9. The van der Waals surface area contributed by atoms with Gasteiger partial charge in [0.05, 0.1) is 7.11 Å². The van der Waals surface area contributed by atoms with Gasteiger partial charge in [0, 0.05) is 6.04 Å². The number of methoxy groups -OCH3 is 1. The quantitative estimate of drug-likeness (QED) is 0.281. The highest BCUT2D eigenvalue weighted by Crippen LogP contribution is 2.65. The molecule has 0 aromatic rings. The molecule has 3 aliphatic carbocycles. The minimum Gasteiger partial charge on any atom is -0.468 e. The molecule has 2 unspecified atom stereocenters. The van der Waals surface area contributed by atoms with Crippen LogP contribution >= 0.6 is 22.6 Å². The van der Waals surface area contributed by atoms with Crippen molar-refractivity contribution in [3.63, 3.8) is 0 Å². The number of hydrogen-bond acceptors (Lipinski definition) is 3. The number of ether oxygens (including phenoxy) is 1. The van der Waals surface area contributed by atoms with Gasteiger partial charge < -0.3 is 10.1 Å². The Labute approximate surface area is 164 Å². The summed E-state index contributed by atoms with van der Waals surface area (Å²) in [6.07, 6.45) is 9.60. The van der Waals surface area contributed by atoms with Gasteiger partial charge in [-0.05, 0) is 73.5 Å². The number of piperidine rings is 1. The zero-order valence-electron chi connectivity index (χ0n) is 15.6. The van der Waals surface area contributed by atoms with Crippen LogP contribution in [-0.4, -0.2) is 28.4 Å². The molecule has 4 rings (SSSR count). The first-order valence-electron chi connectivity index (χ1n) is 9.83. The number of amides is 1. The predicted molar refractivity (Wildman–Crippen MR) is 104 cm³/mol. The largest absolute Gasteiger partial charge is 0.468 e. The second kappa shape index (κ2) is 5.83. The Morgan fingerprint density at radius 1 is 1.16 bits per heavy atom. The van der Waals surface area contributed by atoms with Crippen molar-refractivity contribution in [1.29, 1.82) is 0 Å². The summed E-state index contributed by atoms with van der Waals surface area (Å²) in [5.41, 5.74) is 0.530. The van der Waals surface area contributed by atoms with Gasteiger partial charge in [-0.25, -0.2) is 0 Å². The first-order chi connectivity index (χ1) is 11.7. The van der Waals surface area contributed by atoms with Gasteiger partial charge in [-0.2, -0.15) is 0 Å². The Kier molecular flexibility index (Phi) is 4.21. The van der Waals surface area contributed by atoms with E-state index in [0.717, 1.165) is 18.3 Å². The molecule has 25 heavy (non-hydrogen) atoms. The van der Waals surface area contributed by atoms with Crippen LogP contribution < -0.4 is 5.32 Å². The molecule has 0 bridgehead atoms. The minimum atomic E-state index is -1.07. The second-order valence-electron chi connectivity index (χ2n) is 9.54. The van der Waals surface area contributed by atoms with Gasteiger partial charge in [0.25, 0.3) is 0 Å². The van der Waals surface area contributed by atoms with Crippen LogP contribution in [0.5, 0.6) is 0 Å². The Hall–Kier alpha value is -0.330. The van der Waals surface area contributed by atoms with Gasteiger partial charge in [0.1, 0.15) is 0 Å². The number of carbonyl (C=O) groups is 2. The summed E-state index contributed by atoms with van der Waals surface area (Å²) in [7, 11) is 1.39. The standard InChI is InChI=1S/C20H30INO3/c1-18-9-4-5-13(18)12-6-7-15-19(2,14(12)8-10-18)11-20(21,16(23)22-15)17(24)25-3/h12-15H,4-11H2,1-3H3,(H,22,23)/t12-,13-,14+,15?,18-,19+,20?/m0/s1. The second-order valence-corrected chi connectivity index (χ2v) is 11.4. The van der Waals surface area contributed by atoms with Crippen molar-refractivity contribution in [2.75, 3.05) is 7.11 Å². The summed E-state index contributed by atoms with van der Waals surface area (Å²) in [6.45, 7) is 4.84. The van der Waals surface area contributed by atoms with E-state index in [9.17, 15) is 9.59 Å². The van der Waals surface area contributed by atoms with E-state index in [1.165, 1.54) is 45.6 Å². The lowest BCUT2D eigenvalue weighted by atomic mass is 9.47. The molecule has 0 spiro atoms. The SMILES string of the molecule is COC(=O)C1(I)C[C@@]2(C)C(CC[C@@H]3[C@H]2CC[C@]2(C)CCC[C@@H]32)NC1=O. The van der Waals surface area contributed by atoms with E-state index in [2.05, 4.69) is 41.8 Å². The van der Waals surface area contributed by atoms with E-state index in [1.807, 2.05) is 0 Å². The van der Waals surface area contributed by atoms with E-state index >= 15 is 0 Å². The number of carbonyl (C=O) groups excluding carboxylic acids is 2. The van der Waals surface area contributed by atoms with Crippen molar-refractivity contribution in [2.45, 2.75) is 74.7 Å². The molecule has 0 aromatic heterocycles. The van der Waals surface area contributed by atoms with E-state index in [0.29, 0.717) is 17.8 Å². The molecule has 1 amide bonds. The summed E-state index contributed by atoms with van der Waals surface area (Å²) in [6, 6.07) is 0.208. The molecule has 3 saturated carbocycles. The number of alkyl halides is 1. The lowest BCUT2D eigenvalue weighted by molar-refractivity contribution is -0.156. The smallest absolute Gasteiger partial charge is 0.331 e. The van der Waals surface area contributed by atoms with E-state index in [-0.39, 0.29) is 17.4 Å². The Morgan fingerprint density at radius 2 is 1.92 bits per heavy atom. The molecule has 1 heterocycles. The molecule has 4 fully saturated rings. The zero-order valence-corrected chi connectivity index (χ0v) is 17.7. The topological polar surface area (TPSA) is 55.4 Å². The van der Waals surface area contributed by atoms with E-state index < -0.39 is 9.39 Å². The monoisotopic (exact) mass is 459 g/mol. The molecular formula is C20H30INO3. The highest BCUT2D eigenvalue weighted by atomic mass is 127. The average molecular weight is 459 g/mol. The van der Waals surface area contributed by atoms with Crippen molar-refractivity contribution in [3.05, 3.63) is 0 Å². The van der Waals surface area contributed by atoms with Crippen LogP contribution in [0.1, 0.15) is 65.2 Å². The van der Waals surface area contributed by atoms with Crippen molar-refractivity contribution in [2.24, 2.45) is 28.6 Å². The fourth-order valence-corrected chi connectivity index (χ4v) is 8.34. The fourth-order valence-electron chi connectivity index (χ4n) is 7.14. The Morgan fingerprint density at radius 3 is 2.64 bits per heavy atom. The van der Waals surface area contributed by atoms with Gasteiger partial charge in [-0.15, -0.1) is 0 Å². The number of nitrogens with one attached hydrogen (secondary N) is 1. The van der Waals surface area contributed by atoms with Crippen LogP contribution in [0.2, 0.25) is 0 Å². The maximum atomic E-state index is 12.7. The lowest BCUT2D eigenvalue weighted by Crippen LogP contribution is -2.68. The lowest BCUT2D eigenvalue weighted by Gasteiger charge is -2.61. The van der Waals surface area contributed by atoms with Crippen molar-refractivity contribution < 1.29 is 14.3 Å². The number of hydrogen-bond donors (Lipinski definition) is 1. The van der Waals surface area contributed by atoms with E-state index in [4.69, 9.17) is 4.74 Å². The van der Waals surface area contributed by atoms with Gasteiger partial charge in [-0.1, -0.05) is 42.9 Å². The van der Waals surface area contributed by atoms with Gasteiger partial charge in [-0.3, -0.25) is 9.59 Å². The molecule has 140 valence electrons. The van der Waals surface area contributed by atoms with Crippen molar-refractivity contribution >= 4 is 34.5 Å². The van der Waals surface area contributed by atoms with Crippen LogP contribution in [0, 0.1) is 28.6 Å². The molecule has 0 aromatic carbocycles. The molecule has 1 N–H and O–H groups in total. The predicted octanol–water partition coefficient (Wildman–Crippen LogP) is 3.85. The Bertz CT molecular complexity index is 610. The van der Waals surface area contributed by atoms with Crippen LogP contribution in [-0.2, 0) is 14.3 Å². The third kappa shape index (κ3) is 2.43. The average Bonchev–Trinajstić information content (AvgIpc) is 2.97. The molecule has 0 radical (unpaired) electrons. The van der Waals surface area contributed by atoms with Crippen LogP contribution in [0.15, 0.2) is 0 Å². The molecule has 7 atom stereocenters. The minimum absolute atomic E-state index is 0.00384. The van der Waals surface area contributed by atoms with Crippen LogP contribution in [0.25, 0.3) is 0 Å². The number of halogens is 1. The highest BCUT2D eigenvalue weighted by molar-refractivity contribution is 14.1. The molecular weight excluding hydrogens is 429 g/mol. The summed E-state index contributed by atoms with van der Waals surface area (Å²) in [5.74, 6) is 1.66. The van der Waals surface area contributed by atoms with Gasteiger partial charge in [0.2, 0.25) is 5.91 Å². The highest BCUT2D eigenvalue weighted by Gasteiger charge is 2.63. The van der Waals surface area contributed by atoms with Crippen LogP contribution in [0.3, 0.4) is 0 Å². The summed E-state index contributed by atoms with van der Waals surface area (Å²) < 4.78 is 3.93. The molecule has 4 nitrogen and oxygen atoms in total. The maximum absolute atomic E-state index is 12.7. The third-order valence-corrected chi connectivity index (χ3v) is 9.76. The number of rotatable bonds is 1. The molecule has 1 saturated heterocycles. The number of fused-ring (bicyclic) bond motifs is 5. The van der Waals surface area contributed by atoms with Gasteiger partial charge >= 0.3 is 5.97 Å². The fraction of sp³-hybridized carbons (Fsp3) is 0.900. The van der Waals surface area contributed by atoms with Crippen molar-refractivity contribution in [1.82, 2.24) is 5.32 Å². The summed E-state index contributed by atoms with van der Waals surface area (Å²) >= 11 is 2.05. The van der Waals surface area contributed by atoms with Crippen molar-refractivity contribution in [3.8, 4) is 0 Å².